The van der Waals surface area contributed by atoms with Crippen LogP contribution in [-0.4, -0.2) is 61.7 Å². The molecule has 1 rings (SSSR count). The Morgan fingerprint density at radius 1 is 0.692 bits per heavy atom. The van der Waals surface area contributed by atoms with E-state index in [1.165, 1.54) is 0 Å². The van der Waals surface area contributed by atoms with Gasteiger partial charge in [-0.25, -0.2) is 0 Å². The first-order valence-electron chi connectivity index (χ1n) is 6.44. The van der Waals surface area contributed by atoms with Gasteiger partial charge < -0.3 is 9.47 Å². The predicted molar refractivity (Wildman–Crippen MR) is 56.0 cm³/mol. The van der Waals surface area contributed by atoms with E-state index in [2.05, 4.69) is 9.47 Å². The maximum atomic E-state index is 13.3. The normalized spacial score (nSPS) is 20.4. The zero-order valence-corrected chi connectivity index (χ0v) is 12.1. The minimum Gasteiger partial charge on any atom is -0.372 e. The number of epoxide rings is 1. The first kappa shape index (κ1) is 23.0. The molecule has 26 heavy (non-hydrogen) atoms. The minimum absolute atomic E-state index is 0.0418. The summed E-state index contributed by atoms with van der Waals surface area (Å²) in [5.41, 5.74) is 0. The van der Waals surface area contributed by atoms with Crippen LogP contribution in [0.4, 0.5) is 57.1 Å². The van der Waals surface area contributed by atoms with Gasteiger partial charge >= 0.3 is 35.8 Å². The van der Waals surface area contributed by atoms with E-state index in [0.29, 0.717) is 0 Å². The summed E-state index contributed by atoms with van der Waals surface area (Å²) in [6.45, 7) is -3.44. The average Bonchev–Trinajstić information content (AvgIpc) is 3.18. The molecule has 0 radical (unpaired) electrons. The lowest BCUT2D eigenvalue weighted by molar-refractivity contribution is -0.411. The Morgan fingerprint density at radius 2 is 1.12 bits per heavy atom. The Hall–Kier alpha value is -0.990. The van der Waals surface area contributed by atoms with Gasteiger partial charge in [-0.05, 0) is 0 Å². The molecule has 0 amide bonds. The van der Waals surface area contributed by atoms with E-state index in [1.807, 2.05) is 0 Å². The Bertz CT molecular complexity index is 495. The van der Waals surface area contributed by atoms with Crippen molar-refractivity contribution in [3.05, 3.63) is 0 Å². The van der Waals surface area contributed by atoms with Gasteiger partial charge in [0.05, 0.1) is 13.2 Å². The van der Waals surface area contributed by atoms with E-state index in [4.69, 9.17) is 0 Å². The Balaban J connectivity index is 3.08. The molecule has 1 atom stereocenters. The van der Waals surface area contributed by atoms with Crippen LogP contribution in [0.15, 0.2) is 0 Å². The topological polar surface area (TPSA) is 21.8 Å². The second-order valence-corrected chi connectivity index (χ2v) is 5.39. The van der Waals surface area contributed by atoms with Crippen molar-refractivity contribution in [3.63, 3.8) is 0 Å². The van der Waals surface area contributed by atoms with Gasteiger partial charge in [0.15, 0.2) is 0 Å². The molecule has 1 unspecified atom stereocenters. The van der Waals surface area contributed by atoms with Crippen molar-refractivity contribution in [3.8, 4) is 0 Å². The van der Waals surface area contributed by atoms with E-state index in [9.17, 15) is 57.1 Å². The van der Waals surface area contributed by atoms with Crippen molar-refractivity contribution in [1.82, 2.24) is 0 Å². The molecule has 0 aliphatic carbocycles. The van der Waals surface area contributed by atoms with Crippen molar-refractivity contribution >= 4 is 0 Å². The Morgan fingerprint density at radius 3 is 1.50 bits per heavy atom. The molecule has 1 aliphatic rings. The van der Waals surface area contributed by atoms with Crippen LogP contribution in [0.25, 0.3) is 0 Å². The highest BCUT2D eigenvalue weighted by molar-refractivity contribution is 5.08. The van der Waals surface area contributed by atoms with E-state index in [-0.39, 0.29) is 6.61 Å². The van der Waals surface area contributed by atoms with Gasteiger partial charge in [0, 0.05) is 0 Å². The molecule has 15 heteroatoms. The maximum Gasteiger partial charge on any atom is 0.395 e. The highest BCUT2D eigenvalue weighted by Gasteiger charge is 2.86. The van der Waals surface area contributed by atoms with Gasteiger partial charge in [-0.3, -0.25) is 0 Å². The lowest BCUT2D eigenvalue weighted by Gasteiger charge is -2.39. The number of rotatable bonds is 9. The fourth-order valence-electron chi connectivity index (χ4n) is 1.59. The van der Waals surface area contributed by atoms with Crippen molar-refractivity contribution in [1.29, 1.82) is 0 Å². The minimum atomic E-state index is -7.54. The van der Waals surface area contributed by atoms with Gasteiger partial charge in [-0.2, -0.15) is 57.1 Å². The molecular formula is C11H9F13O2. The highest BCUT2D eigenvalue weighted by atomic mass is 19.4. The Kier molecular flexibility index (Phi) is 5.82. The van der Waals surface area contributed by atoms with Crippen LogP contribution in [0.3, 0.4) is 0 Å². The number of hydrogen-bond donors (Lipinski definition) is 0. The monoisotopic (exact) mass is 420 g/mol. The average molecular weight is 420 g/mol. The first-order valence-corrected chi connectivity index (χ1v) is 6.44. The van der Waals surface area contributed by atoms with Gasteiger partial charge in [0.2, 0.25) is 0 Å². The second kappa shape index (κ2) is 6.56. The van der Waals surface area contributed by atoms with E-state index >= 15 is 0 Å². The number of hydrogen-bond acceptors (Lipinski definition) is 2. The summed E-state index contributed by atoms with van der Waals surface area (Å²) in [6.07, 6.45) is -10.9. The fraction of sp³-hybridized carbons (Fsp3) is 1.00. The van der Waals surface area contributed by atoms with Crippen LogP contribution in [0.5, 0.6) is 0 Å². The molecule has 0 aromatic carbocycles. The van der Waals surface area contributed by atoms with Crippen LogP contribution in [0, 0.1) is 0 Å². The van der Waals surface area contributed by atoms with Crippen molar-refractivity contribution < 1.29 is 66.5 Å². The van der Waals surface area contributed by atoms with Crippen LogP contribution in [0.1, 0.15) is 6.42 Å². The molecule has 1 fully saturated rings. The summed E-state index contributed by atoms with van der Waals surface area (Å²) >= 11 is 0. The summed E-state index contributed by atoms with van der Waals surface area (Å²) in [5.74, 6) is -35.1. The van der Waals surface area contributed by atoms with Crippen molar-refractivity contribution in [2.24, 2.45) is 0 Å². The summed E-state index contributed by atoms with van der Waals surface area (Å²) in [4.78, 5) is 0. The fourth-order valence-corrected chi connectivity index (χ4v) is 1.59. The van der Waals surface area contributed by atoms with Crippen LogP contribution < -0.4 is 0 Å². The SMILES string of the molecule is FC(F)(F)CC(F)(F)C(F)(F)C(F)(F)C(F)(F)C(F)(F)COCC1CO1. The van der Waals surface area contributed by atoms with Crippen LogP contribution >= 0.6 is 0 Å². The second-order valence-electron chi connectivity index (χ2n) is 5.39. The molecule has 0 bridgehead atoms. The van der Waals surface area contributed by atoms with Gasteiger partial charge in [-0.1, -0.05) is 0 Å². The molecule has 1 aliphatic heterocycles. The van der Waals surface area contributed by atoms with E-state index < -0.39 is 61.5 Å². The summed E-state index contributed by atoms with van der Waals surface area (Å²) < 4.78 is 175. The third kappa shape index (κ3) is 4.28. The van der Waals surface area contributed by atoms with Crippen LogP contribution in [-0.2, 0) is 9.47 Å². The van der Waals surface area contributed by atoms with Gasteiger partial charge in [0.25, 0.3) is 0 Å². The lowest BCUT2D eigenvalue weighted by atomic mass is 9.93. The zero-order chi connectivity index (χ0) is 20.8. The van der Waals surface area contributed by atoms with Crippen LogP contribution in [0.2, 0.25) is 0 Å². The van der Waals surface area contributed by atoms with E-state index in [0.717, 1.165) is 0 Å². The molecule has 0 spiro atoms. The predicted octanol–water partition coefficient (Wildman–Crippen LogP) is 4.53. The number of alkyl halides is 13. The van der Waals surface area contributed by atoms with Gasteiger partial charge in [-0.15, -0.1) is 0 Å². The quantitative estimate of drug-likeness (QED) is 0.404. The first-order chi connectivity index (χ1) is 11.3. The molecule has 156 valence electrons. The third-order valence-electron chi connectivity index (χ3n) is 3.12. The van der Waals surface area contributed by atoms with Crippen molar-refractivity contribution in [2.75, 3.05) is 19.8 Å². The summed E-state index contributed by atoms with van der Waals surface area (Å²) in [5, 5.41) is 0. The molecule has 0 N–H and O–H groups in total. The standard InChI is InChI=1S/C11H9F13O2/c12-6(13,3-8(16,17)18)9(19,20)11(23,24)10(21,22)7(14,15)4-25-1-5-2-26-5/h5H,1-4H2. The molecular weight excluding hydrogens is 411 g/mol. The molecule has 2 nitrogen and oxygen atoms in total. The van der Waals surface area contributed by atoms with E-state index in [1.54, 1.807) is 0 Å². The Labute approximate surface area is 136 Å². The maximum absolute atomic E-state index is 13.3. The third-order valence-corrected chi connectivity index (χ3v) is 3.12. The largest absolute Gasteiger partial charge is 0.395 e. The highest BCUT2D eigenvalue weighted by Crippen LogP contribution is 2.58. The molecule has 1 heterocycles. The number of ether oxygens (including phenoxy) is 2. The molecule has 0 aromatic heterocycles. The lowest BCUT2D eigenvalue weighted by Crippen LogP contribution is -2.68. The summed E-state index contributed by atoms with van der Waals surface area (Å²) in [7, 11) is 0. The smallest absolute Gasteiger partial charge is 0.372 e. The molecule has 0 saturated carbocycles. The molecule has 0 aromatic rings. The van der Waals surface area contributed by atoms with Crippen molar-refractivity contribution in [2.45, 2.75) is 48.3 Å². The summed E-state index contributed by atoms with van der Waals surface area (Å²) in [6, 6.07) is 0. The number of halogens is 13. The van der Waals surface area contributed by atoms with Gasteiger partial charge in [0.1, 0.15) is 19.1 Å². The molecule has 1 saturated heterocycles. The zero-order valence-electron chi connectivity index (χ0n) is 12.1.